The predicted molar refractivity (Wildman–Crippen MR) is 59.0 cm³/mol. The van der Waals surface area contributed by atoms with Gasteiger partial charge < -0.3 is 4.74 Å². The zero-order valence-electron chi connectivity index (χ0n) is 9.18. The highest BCUT2D eigenvalue weighted by Gasteiger charge is 2.10. The van der Waals surface area contributed by atoms with Gasteiger partial charge in [0.05, 0.1) is 12.8 Å². The predicted octanol–water partition coefficient (Wildman–Crippen LogP) is 2.92. The van der Waals surface area contributed by atoms with Crippen LogP contribution in [0.15, 0.2) is 16.3 Å². The number of nitrogens with one attached hydrogen (secondary N) is 1. The van der Waals surface area contributed by atoms with E-state index in [1.807, 2.05) is 0 Å². The minimum Gasteiger partial charge on any atom is -0.480 e. The van der Waals surface area contributed by atoms with Gasteiger partial charge in [-0.05, 0) is 39.5 Å². The van der Waals surface area contributed by atoms with Gasteiger partial charge in [0, 0.05) is 5.70 Å². The Kier molecular flexibility index (Phi) is 3.86. The molecular weight excluding hydrogens is 176 g/mol. The van der Waals surface area contributed by atoms with E-state index in [9.17, 15) is 0 Å². The van der Waals surface area contributed by atoms with Crippen molar-refractivity contribution in [2.45, 2.75) is 39.5 Å². The maximum atomic E-state index is 7.46. The maximum absolute atomic E-state index is 7.46. The Morgan fingerprint density at radius 1 is 1.36 bits per heavy atom. The first-order chi connectivity index (χ1) is 6.65. The van der Waals surface area contributed by atoms with E-state index in [4.69, 9.17) is 10.1 Å². The summed E-state index contributed by atoms with van der Waals surface area (Å²) in [7, 11) is 1.57. The molecule has 0 radical (unpaired) electrons. The molecule has 0 atom stereocenters. The SMILES string of the molecule is COC(=NC1=C(C)CCCC1)C(C)=N. The minimum atomic E-state index is 0.387. The molecule has 1 N–H and O–H groups in total. The van der Waals surface area contributed by atoms with Crippen LogP contribution in [0.25, 0.3) is 0 Å². The summed E-state index contributed by atoms with van der Waals surface area (Å²) in [5, 5.41) is 7.46. The zero-order valence-corrected chi connectivity index (χ0v) is 9.18. The Morgan fingerprint density at radius 3 is 2.50 bits per heavy atom. The third-order valence-electron chi connectivity index (χ3n) is 2.46. The molecule has 0 saturated heterocycles. The zero-order chi connectivity index (χ0) is 10.6. The molecule has 0 aromatic heterocycles. The number of rotatable bonds is 2. The number of hydrogen-bond acceptors (Lipinski definition) is 3. The average Bonchev–Trinajstić information content (AvgIpc) is 2.16. The van der Waals surface area contributed by atoms with Crippen molar-refractivity contribution in [3.8, 4) is 0 Å². The van der Waals surface area contributed by atoms with Crippen LogP contribution in [0, 0.1) is 5.41 Å². The van der Waals surface area contributed by atoms with E-state index < -0.39 is 0 Å². The summed E-state index contributed by atoms with van der Waals surface area (Å²) in [5.74, 6) is 0.446. The number of nitrogens with zero attached hydrogens (tertiary/aromatic N) is 1. The van der Waals surface area contributed by atoms with Crippen molar-refractivity contribution in [1.82, 2.24) is 0 Å². The lowest BCUT2D eigenvalue weighted by Gasteiger charge is -2.14. The van der Waals surface area contributed by atoms with Gasteiger partial charge in [-0.15, -0.1) is 0 Å². The highest BCUT2D eigenvalue weighted by Crippen LogP contribution is 2.25. The van der Waals surface area contributed by atoms with Crippen LogP contribution in [0.5, 0.6) is 0 Å². The maximum Gasteiger partial charge on any atom is 0.234 e. The van der Waals surface area contributed by atoms with Crippen LogP contribution in [0.4, 0.5) is 0 Å². The fourth-order valence-electron chi connectivity index (χ4n) is 1.60. The van der Waals surface area contributed by atoms with Crippen LogP contribution in [0.2, 0.25) is 0 Å². The minimum absolute atomic E-state index is 0.387. The lowest BCUT2D eigenvalue weighted by atomic mass is 9.98. The van der Waals surface area contributed by atoms with E-state index in [-0.39, 0.29) is 0 Å². The van der Waals surface area contributed by atoms with Gasteiger partial charge >= 0.3 is 0 Å². The number of aliphatic imine (C=N–C) groups is 1. The molecule has 14 heavy (non-hydrogen) atoms. The summed E-state index contributed by atoms with van der Waals surface area (Å²) in [4.78, 5) is 4.38. The molecule has 1 aliphatic rings. The van der Waals surface area contributed by atoms with E-state index in [2.05, 4.69) is 11.9 Å². The molecule has 3 heteroatoms. The van der Waals surface area contributed by atoms with Crippen molar-refractivity contribution < 1.29 is 4.74 Å². The van der Waals surface area contributed by atoms with Gasteiger partial charge in [0.25, 0.3) is 0 Å². The van der Waals surface area contributed by atoms with Gasteiger partial charge in [0.2, 0.25) is 5.90 Å². The molecule has 0 aliphatic heterocycles. The smallest absolute Gasteiger partial charge is 0.234 e. The molecular formula is C11H18N2O. The molecule has 0 saturated carbocycles. The number of hydrogen-bond donors (Lipinski definition) is 1. The van der Waals surface area contributed by atoms with Gasteiger partial charge in [0.15, 0.2) is 0 Å². The standard InChI is InChI=1S/C11H18N2O/c1-8-6-4-5-7-10(8)13-11(14-3)9(2)12/h12H,4-7H2,1-3H3. The van der Waals surface area contributed by atoms with Crippen molar-refractivity contribution in [2.24, 2.45) is 4.99 Å². The second-order valence-electron chi connectivity index (χ2n) is 3.68. The molecule has 1 rings (SSSR count). The van der Waals surface area contributed by atoms with Crippen LogP contribution < -0.4 is 0 Å². The van der Waals surface area contributed by atoms with Crippen LogP contribution >= 0.6 is 0 Å². The second-order valence-corrected chi connectivity index (χ2v) is 3.68. The number of methoxy groups -OCH3 is 1. The lowest BCUT2D eigenvalue weighted by molar-refractivity contribution is 0.409. The summed E-state index contributed by atoms with van der Waals surface area (Å²) >= 11 is 0. The van der Waals surface area contributed by atoms with Crippen molar-refractivity contribution in [2.75, 3.05) is 7.11 Å². The monoisotopic (exact) mass is 194 g/mol. The highest BCUT2D eigenvalue weighted by molar-refractivity contribution is 6.36. The van der Waals surface area contributed by atoms with E-state index >= 15 is 0 Å². The topological polar surface area (TPSA) is 45.4 Å². The Hall–Kier alpha value is -1.12. The third kappa shape index (κ3) is 2.69. The molecule has 0 aromatic carbocycles. The van der Waals surface area contributed by atoms with Gasteiger partial charge in [0.1, 0.15) is 0 Å². The van der Waals surface area contributed by atoms with Crippen LogP contribution in [-0.2, 0) is 4.74 Å². The fourth-order valence-corrected chi connectivity index (χ4v) is 1.60. The molecule has 0 aromatic rings. The van der Waals surface area contributed by atoms with Crippen LogP contribution in [0.3, 0.4) is 0 Å². The normalized spacial score (nSPS) is 18.4. The van der Waals surface area contributed by atoms with Crippen molar-refractivity contribution in [3.63, 3.8) is 0 Å². The number of ether oxygens (including phenoxy) is 1. The van der Waals surface area contributed by atoms with Gasteiger partial charge in [-0.1, -0.05) is 5.57 Å². The van der Waals surface area contributed by atoms with E-state index in [0.29, 0.717) is 11.6 Å². The first kappa shape index (κ1) is 11.0. The molecule has 1 aliphatic carbocycles. The molecule has 78 valence electrons. The second kappa shape index (κ2) is 4.94. The first-order valence-corrected chi connectivity index (χ1v) is 5.02. The summed E-state index contributed by atoms with van der Waals surface area (Å²) in [6.45, 7) is 3.81. The van der Waals surface area contributed by atoms with Gasteiger partial charge in [-0.25, -0.2) is 4.99 Å². The Labute approximate surface area is 85.4 Å². The van der Waals surface area contributed by atoms with Gasteiger partial charge in [-0.3, -0.25) is 5.41 Å². The van der Waals surface area contributed by atoms with Gasteiger partial charge in [-0.2, -0.15) is 0 Å². The van der Waals surface area contributed by atoms with E-state index in [1.54, 1.807) is 14.0 Å². The van der Waals surface area contributed by atoms with Crippen molar-refractivity contribution in [3.05, 3.63) is 11.3 Å². The quantitative estimate of drug-likeness (QED) is 0.533. The van der Waals surface area contributed by atoms with Crippen molar-refractivity contribution >= 4 is 11.6 Å². The molecule has 0 bridgehead atoms. The molecule has 0 spiro atoms. The summed E-state index contributed by atoms with van der Waals surface area (Å²) in [6.07, 6.45) is 4.61. The summed E-state index contributed by atoms with van der Waals surface area (Å²) in [6, 6.07) is 0. The van der Waals surface area contributed by atoms with Crippen LogP contribution in [-0.4, -0.2) is 18.7 Å². The first-order valence-electron chi connectivity index (χ1n) is 5.02. The number of allylic oxidation sites excluding steroid dienone is 2. The Bertz CT molecular complexity index is 290. The fraction of sp³-hybridized carbons (Fsp3) is 0.636. The van der Waals surface area contributed by atoms with E-state index in [1.165, 1.54) is 18.4 Å². The molecule has 3 nitrogen and oxygen atoms in total. The van der Waals surface area contributed by atoms with E-state index in [0.717, 1.165) is 18.5 Å². The molecule has 0 amide bonds. The Morgan fingerprint density at radius 2 is 2.00 bits per heavy atom. The van der Waals surface area contributed by atoms with Crippen LogP contribution in [0.1, 0.15) is 39.5 Å². The highest BCUT2D eigenvalue weighted by atomic mass is 16.5. The summed E-state index contributed by atoms with van der Waals surface area (Å²) in [5.41, 5.74) is 2.84. The van der Waals surface area contributed by atoms with Crippen molar-refractivity contribution in [1.29, 1.82) is 5.41 Å². The molecule has 0 unspecified atom stereocenters. The largest absolute Gasteiger partial charge is 0.480 e. The Balaban J connectivity index is 2.87. The lowest BCUT2D eigenvalue weighted by Crippen LogP contribution is -2.12. The molecule has 0 heterocycles. The summed E-state index contributed by atoms with van der Waals surface area (Å²) < 4.78 is 5.05. The average molecular weight is 194 g/mol. The molecule has 0 fully saturated rings. The third-order valence-corrected chi connectivity index (χ3v) is 2.46.